The van der Waals surface area contributed by atoms with Gasteiger partial charge in [-0.3, -0.25) is 4.79 Å². The number of carbonyl (C=O) groups is 1. The van der Waals surface area contributed by atoms with Gasteiger partial charge in [0.2, 0.25) is 5.91 Å². The maximum Gasteiger partial charge on any atom is 0.325 e. The molecule has 0 fully saturated rings. The fraction of sp³-hybridized carbons (Fsp3) is 0.667. The van der Waals surface area contributed by atoms with Crippen LogP contribution in [-0.2, 0) is 9.36 Å². The van der Waals surface area contributed by atoms with Gasteiger partial charge in [-0.25, -0.2) is 0 Å². The van der Waals surface area contributed by atoms with E-state index < -0.39 is 8.46 Å². The Balaban J connectivity index is 2.97. The van der Waals surface area contributed by atoms with Gasteiger partial charge in [-0.2, -0.15) is 0 Å². The van der Waals surface area contributed by atoms with E-state index in [-0.39, 0.29) is 12.3 Å². The Kier molecular flexibility index (Phi) is 3.52. The van der Waals surface area contributed by atoms with Gasteiger partial charge in [-0.15, -0.1) is 0 Å². The Morgan fingerprint density at radius 2 is 2.29 bits per heavy atom. The van der Waals surface area contributed by atoms with Crippen LogP contribution in [0.4, 0.5) is 0 Å². The fourth-order valence-electron chi connectivity index (χ4n) is 0.174. The summed E-state index contributed by atoms with van der Waals surface area (Å²) in [6.07, 6.45) is 0.636. The lowest BCUT2D eigenvalue weighted by Gasteiger charge is -1.76. The zero-order valence-electron chi connectivity index (χ0n) is 3.81. The largest absolute Gasteiger partial charge is 0.370 e. The first kappa shape index (κ1) is 6.57. The number of carbonyl (C=O) groups excluding carboxylic acids is 1. The summed E-state index contributed by atoms with van der Waals surface area (Å²) in [5.74, 6) is -0.386. The smallest absolute Gasteiger partial charge is 0.325 e. The van der Waals surface area contributed by atoms with Crippen LogP contribution in [0, 0.1) is 0 Å². The zero-order valence-corrected chi connectivity index (χ0v) is 4.81. The van der Waals surface area contributed by atoms with Crippen molar-refractivity contribution < 1.29 is 9.36 Å². The summed E-state index contributed by atoms with van der Waals surface area (Å²) in [5.41, 5.74) is 4.71. The van der Waals surface area contributed by atoms with E-state index in [4.69, 9.17) is 5.73 Å². The number of nitrogens with two attached hydrogens (primary N) is 1. The minimum absolute atomic E-state index is 0.238. The van der Waals surface area contributed by atoms with Gasteiger partial charge >= 0.3 is 8.46 Å². The number of hydrogen-bond donors (Lipinski definition) is 1. The SMILES string of the molecule is NC(=O)CC[PH+]=O. The normalized spacial score (nSPS) is 9.14. The highest BCUT2D eigenvalue weighted by atomic mass is 31.1. The minimum Gasteiger partial charge on any atom is -0.370 e. The van der Waals surface area contributed by atoms with Crippen molar-refractivity contribution in [2.45, 2.75) is 6.42 Å². The summed E-state index contributed by atoms with van der Waals surface area (Å²) in [5, 5.41) is 0. The summed E-state index contributed by atoms with van der Waals surface area (Å²) < 4.78 is 9.65. The molecule has 0 aliphatic rings. The van der Waals surface area contributed by atoms with E-state index in [0.29, 0.717) is 6.16 Å². The Bertz CT molecular complexity index is 83.0. The van der Waals surface area contributed by atoms with Crippen LogP contribution in [0.15, 0.2) is 0 Å². The molecule has 0 heterocycles. The maximum absolute atomic E-state index is 9.85. The van der Waals surface area contributed by atoms with Crippen molar-refractivity contribution in [3.8, 4) is 0 Å². The molecule has 7 heavy (non-hydrogen) atoms. The van der Waals surface area contributed by atoms with Crippen molar-refractivity contribution in [1.82, 2.24) is 0 Å². The van der Waals surface area contributed by atoms with E-state index in [0.717, 1.165) is 0 Å². The zero-order chi connectivity index (χ0) is 5.70. The van der Waals surface area contributed by atoms with Crippen molar-refractivity contribution in [2.24, 2.45) is 5.73 Å². The first-order valence-electron chi connectivity index (χ1n) is 1.90. The van der Waals surface area contributed by atoms with Gasteiger partial charge in [-0.1, -0.05) is 4.57 Å². The van der Waals surface area contributed by atoms with E-state index in [2.05, 4.69) is 0 Å². The third-order valence-electron chi connectivity index (χ3n) is 0.473. The number of hydrogen-bond acceptors (Lipinski definition) is 2. The molecule has 2 N–H and O–H groups in total. The second kappa shape index (κ2) is 3.75. The molecule has 40 valence electrons. The van der Waals surface area contributed by atoms with Crippen LogP contribution < -0.4 is 5.73 Å². The lowest BCUT2D eigenvalue weighted by atomic mass is 10.5. The highest BCUT2D eigenvalue weighted by Crippen LogP contribution is 1.91. The number of amides is 1. The summed E-state index contributed by atoms with van der Waals surface area (Å²) in [4.78, 5) is 9.85. The summed E-state index contributed by atoms with van der Waals surface area (Å²) in [6, 6.07) is 0. The maximum atomic E-state index is 9.85. The van der Waals surface area contributed by atoms with Gasteiger partial charge in [0, 0.05) is 0 Å². The molecule has 0 spiro atoms. The van der Waals surface area contributed by atoms with Crippen molar-refractivity contribution in [3.63, 3.8) is 0 Å². The molecule has 0 rings (SSSR count). The van der Waals surface area contributed by atoms with Crippen LogP contribution in [-0.4, -0.2) is 12.1 Å². The number of primary amides is 1. The monoisotopic (exact) mass is 120 g/mol. The molecule has 0 saturated heterocycles. The van der Waals surface area contributed by atoms with E-state index in [9.17, 15) is 9.36 Å². The molecule has 0 aromatic rings. The van der Waals surface area contributed by atoms with Crippen LogP contribution in [0.5, 0.6) is 0 Å². The van der Waals surface area contributed by atoms with Gasteiger partial charge < -0.3 is 5.73 Å². The third-order valence-corrected chi connectivity index (χ3v) is 0.928. The minimum atomic E-state index is -0.400. The van der Waals surface area contributed by atoms with Crippen LogP contribution >= 0.6 is 8.46 Å². The first-order valence-corrected chi connectivity index (χ1v) is 3.02. The Hall–Kier alpha value is -0.430. The third kappa shape index (κ3) is 5.57. The predicted octanol–water partition coefficient (Wildman–Crippen LogP) is -0.114. The fourth-order valence-corrected chi connectivity index (χ4v) is 0.523. The van der Waals surface area contributed by atoms with Crippen LogP contribution in [0.1, 0.15) is 6.42 Å². The van der Waals surface area contributed by atoms with Crippen molar-refractivity contribution >= 4 is 14.4 Å². The standard InChI is InChI=1S/C3H6NO2P/c4-3(5)1-2-7-6/h1-2H2,(H2,4,5)/p+1. The number of rotatable bonds is 3. The molecule has 3 nitrogen and oxygen atoms in total. The molecule has 1 atom stereocenters. The van der Waals surface area contributed by atoms with E-state index in [1.165, 1.54) is 0 Å². The second-order valence-electron chi connectivity index (χ2n) is 1.11. The molecule has 1 unspecified atom stereocenters. The summed E-state index contributed by atoms with van der Waals surface area (Å²) >= 11 is 0. The van der Waals surface area contributed by atoms with Gasteiger partial charge in [0.05, 0.1) is 6.42 Å². The molecule has 0 aliphatic carbocycles. The molecular weight excluding hydrogens is 113 g/mol. The average molecular weight is 120 g/mol. The lowest BCUT2D eigenvalue weighted by molar-refractivity contribution is -0.117. The molecule has 0 aromatic heterocycles. The van der Waals surface area contributed by atoms with Crippen molar-refractivity contribution in [3.05, 3.63) is 0 Å². The molecule has 0 aliphatic heterocycles. The molecule has 0 saturated carbocycles. The second-order valence-corrected chi connectivity index (χ2v) is 1.90. The van der Waals surface area contributed by atoms with Gasteiger partial charge in [-0.05, 0) is 0 Å². The van der Waals surface area contributed by atoms with Crippen LogP contribution in [0.2, 0.25) is 0 Å². The van der Waals surface area contributed by atoms with Crippen LogP contribution in [0.3, 0.4) is 0 Å². The molecule has 0 aromatic carbocycles. The molecule has 4 heteroatoms. The molecule has 0 bridgehead atoms. The predicted molar refractivity (Wildman–Crippen MR) is 27.7 cm³/mol. The highest BCUT2D eigenvalue weighted by Gasteiger charge is 1.95. The van der Waals surface area contributed by atoms with E-state index in [1.807, 2.05) is 0 Å². The molecule has 0 radical (unpaired) electrons. The quantitative estimate of drug-likeness (QED) is 0.528. The van der Waals surface area contributed by atoms with Crippen molar-refractivity contribution in [2.75, 3.05) is 6.16 Å². The summed E-state index contributed by atoms with van der Waals surface area (Å²) in [6.45, 7) is 0. The van der Waals surface area contributed by atoms with Crippen molar-refractivity contribution in [1.29, 1.82) is 0 Å². The topological polar surface area (TPSA) is 60.2 Å². The summed E-state index contributed by atoms with van der Waals surface area (Å²) in [7, 11) is -0.400. The van der Waals surface area contributed by atoms with Gasteiger partial charge in [0.15, 0.2) is 6.16 Å². The molecule has 1 amide bonds. The van der Waals surface area contributed by atoms with Gasteiger partial charge in [0.25, 0.3) is 0 Å². The Labute approximate surface area is 43.1 Å². The van der Waals surface area contributed by atoms with E-state index >= 15 is 0 Å². The average Bonchev–Trinajstić information content (AvgIpc) is 1.61. The van der Waals surface area contributed by atoms with E-state index in [1.54, 1.807) is 0 Å². The van der Waals surface area contributed by atoms with Gasteiger partial charge in [0.1, 0.15) is 0 Å². The highest BCUT2D eigenvalue weighted by molar-refractivity contribution is 7.23. The van der Waals surface area contributed by atoms with Crippen LogP contribution in [0.25, 0.3) is 0 Å². The first-order chi connectivity index (χ1) is 3.27. The Morgan fingerprint density at radius 1 is 1.71 bits per heavy atom. The molecular formula is C3H7NO2P+. The lowest BCUT2D eigenvalue weighted by Crippen LogP contribution is -2.09. The Morgan fingerprint density at radius 3 is 2.43 bits per heavy atom.